The molecule has 1 aromatic carbocycles. The lowest BCUT2D eigenvalue weighted by molar-refractivity contribution is 0.970. The Morgan fingerprint density at radius 2 is 1.86 bits per heavy atom. The maximum Gasteiger partial charge on any atom is 0.188 e. The number of hydrogen-bond donors (Lipinski definition) is 0. The third-order valence-corrected chi connectivity index (χ3v) is 8.99. The number of thiophene rings is 1. The highest BCUT2D eigenvalue weighted by atomic mass is 35.5. The van der Waals surface area contributed by atoms with Crippen LogP contribution in [0.4, 0.5) is 0 Å². The van der Waals surface area contributed by atoms with Crippen LogP contribution >= 0.6 is 57.8 Å². The molecule has 4 aromatic rings. The average molecular weight is 476 g/mol. The minimum Gasteiger partial charge on any atom is -0.241 e. The molecule has 0 bridgehead atoms. The maximum atomic E-state index is 5.97. The van der Waals surface area contributed by atoms with E-state index in [0.717, 1.165) is 32.3 Å². The molecule has 0 saturated heterocycles. The quantitative estimate of drug-likeness (QED) is 0.212. The van der Waals surface area contributed by atoms with E-state index in [1.54, 1.807) is 46.2 Å². The molecule has 0 unspecified atom stereocenters. The van der Waals surface area contributed by atoms with Crippen molar-refractivity contribution in [3.8, 4) is 21.1 Å². The van der Waals surface area contributed by atoms with Crippen molar-refractivity contribution in [2.24, 2.45) is 0 Å². The zero-order valence-electron chi connectivity index (χ0n) is 16.1. The van der Waals surface area contributed by atoms with Gasteiger partial charge in [-0.25, -0.2) is 15.0 Å². The van der Waals surface area contributed by atoms with Crippen LogP contribution in [0.3, 0.4) is 0 Å². The van der Waals surface area contributed by atoms with Crippen molar-refractivity contribution in [1.29, 1.82) is 0 Å². The molecule has 0 aliphatic heterocycles. The normalized spacial score (nSPS) is 11.2. The summed E-state index contributed by atoms with van der Waals surface area (Å²) in [6, 6.07) is 9.90. The Morgan fingerprint density at radius 3 is 2.55 bits per heavy atom. The first-order valence-corrected chi connectivity index (χ1v) is 13.1. The molecule has 3 aromatic heterocycles. The predicted octanol–water partition coefficient (Wildman–Crippen LogP) is 7.61. The summed E-state index contributed by atoms with van der Waals surface area (Å²) < 4.78 is 1.26. The molecule has 29 heavy (non-hydrogen) atoms. The van der Waals surface area contributed by atoms with E-state index in [1.165, 1.54) is 25.8 Å². The molecule has 8 heteroatoms. The summed E-state index contributed by atoms with van der Waals surface area (Å²) in [5.74, 6) is 0.808. The predicted molar refractivity (Wildman–Crippen MR) is 129 cm³/mol. The molecule has 0 spiro atoms. The first-order chi connectivity index (χ1) is 14.0. The van der Waals surface area contributed by atoms with Gasteiger partial charge >= 0.3 is 0 Å². The zero-order chi connectivity index (χ0) is 20.4. The van der Waals surface area contributed by atoms with Crippen LogP contribution in [0.25, 0.3) is 21.1 Å². The molecular formula is C21H18ClN3S4. The largest absolute Gasteiger partial charge is 0.241 e. The first kappa shape index (κ1) is 20.9. The fraction of sp³-hybridized carbons (Fsp3) is 0.190. The Hall–Kier alpha value is -1.38. The Balaban J connectivity index is 1.64. The highest BCUT2D eigenvalue weighted by Gasteiger charge is 2.20. The van der Waals surface area contributed by atoms with Gasteiger partial charge in [0.1, 0.15) is 5.01 Å². The van der Waals surface area contributed by atoms with E-state index in [0.29, 0.717) is 0 Å². The third kappa shape index (κ3) is 4.70. The minimum atomic E-state index is 0.751. The van der Waals surface area contributed by atoms with Gasteiger partial charge in [-0.1, -0.05) is 35.5 Å². The molecule has 3 nitrogen and oxygen atoms in total. The van der Waals surface area contributed by atoms with E-state index in [2.05, 4.69) is 28.5 Å². The lowest BCUT2D eigenvalue weighted by atomic mass is 10.1. The molecule has 0 aliphatic rings. The van der Waals surface area contributed by atoms with E-state index in [4.69, 9.17) is 16.6 Å². The summed E-state index contributed by atoms with van der Waals surface area (Å²) in [7, 11) is 0. The number of benzene rings is 1. The Kier molecular flexibility index (Phi) is 6.61. The molecule has 0 amide bonds. The zero-order valence-corrected chi connectivity index (χ0v) is 20.1. The van der Waals surface area contributed by atoms with Crippen molar-refractivity contribution in [2.75, 3.05) is 6.26 Å². The van der Waals surface area contributed by atoms with Crippen molar-refractivity contribution in [2.45, 2.75) is 29.0 Å². The van der Waals surface area contributed by atoms with Crippen LogP contribution in [-0.4, -0.2) is 21.2 Å². The lowest BCUT2D eigenvalue weighted by Crippen LogP contribution is -1.92. The second kappa shape index (κ2) is 9.18. The number of nitrogens with zero attached hydrogens (tertiary/aromatic N) is 3. The molecule has 4 rings (SSSR count). The molecule has 0 saturated carbocycles. The first-order valence-electron chi connectivity index (χ1n) is 8.85. The molecule has 0 N–H and O–H groups in total. The van der Waals surface area contributed by atoms with Gasteiger partial charge < -0.3 is 0 Å². The van der Waals surface area contributed by atoms with E-state index < -0.39 is 0 Å². The second-order valence-corrected chi connectivity index (χ2v) is 10.7. The number of thiazole rings is 1. The second-order valence-electron chi connectivity index (χ2n) is 6.36. The van der Waals surface area contributed by atoms with Crippen LogP contribution in [0.2, 0.25) is 5.02 Å². The van der Waals surface area contributed by atoms with Gasteiger partial charge in [-0.15, -0.1) is 34.4 Å². The highest BCUT2D eigenvalue weighted by Crippen LogP contribution is 2.46. The molecule has 0 radical (unpaired) electrons. The van der Waals surface area contributed by atoms with Crippen LogP contribution < -0.4 is 0 Å². The smallest absolute Gasteiger partial charge is 0.188 e. The van der Waals surface area contributed by atoms with Crippen LogP contribution in [0.15, 0.2) is 51.3 Å². The van der Waals surface area contributed by atoms with Crippen LogP contribution in [-0.2, 0) is 5.75 Å². The van der Waals surface area contributed by atoms with Crippen LogP contribution in [0, 0.1) is 13.8 Å². The van der Waals surface area contributed by atoms with Crippen molar-refractivity contribution in [3.05, 3.63) is 63.8 Å². The summed E-state index contributed by atoms with van der Waals surface area (Å²) in [5, 5.41) is 4.71. The number of halogens is 1. The number of hydrogen-bond acceptors (Lipinski definition) is 7. The molecule has 0 aliphatic carbocycles. The van der Waals surface area contributed by atoms with Crippen molar-refractivity contribution >= 4 is 57.8 Å². The van der Waals surface area contributed by atoms with Gasteiger partial charge in [0, 0.05) is 33.6 Å². The summed E-state index contributed by atoms with van der Waals surface area (Å²) in [6.45, 7) is 4.20. The van der Waals surface area contributed by atoms with Crippen molar-refractivity contribution in [1.82, 2.24) is 15.0 Å². The van der Waals surface area contributed by atoms with Gasteiger partial charge in [0.15, 0.2) is 5.16 Å². The van der Waals surface area contributed by atoms with Gasteiger partial charge in [0.25, 0.3) is 0 Å². The third-order valence-electron chi connectivity index (χ3n) is 4.28. The summed E-state index contributed by atoms with van der Waals surface area (Å²) in [5.41, 5.74) is 5.66. The SMILES string of the molecule is CSc1sc(-c2nc(C)cs2)c(C)c1-c1ccnc(SCc2ccc(Cl)cc2)n1. The number of aromatic nitrogens is 3. The minimum absolute atomic E-state index is 0.751. The van der Waals surface area contributed by atoms with Gasteiger partial charge in [0.2, 0.25) is 0 Å². The summed E-state index contributed by atoms with van der Waals surface area (Å²) >= 11 is 12.9. The monoisotopic (exact) mass is 475 g/mol. The molecule has 0 fully saturated rings. The topological polar surface area (TPSA) is 38.7 Å². The lowest BCUT2D eigenvalue weighted by Gasteiger charge is -2.06. The number of aryl methyl sites for hydroxylation is 1. The standard InChI is InChI=1S/C21H18ClN3S4/c1-12-10-27-19(24-12)18-13(2)17(20(26-3)29-18)16-8-9-23-21(25-16)28-11-14-4-6-15(22)7-5-14/h4-10H,11H2,1-3H3. The Morgan fingerprint density at radius 1 is 1.07 bits per heavy atom. The fourth-order valence-electron chi connectivity index (χ4n) is 2.87. The average Bonchev–Trinajstić information content (AvgIpc) is 3.30. The molecular weight excluding hydrogens is 458 g/mol. The summed E-state index contributed by atoms with van der Waals surface area (Å²) in [4.78, 5) is 15.2. The fourth-order valence-corrected chi connectivity index (χ4v) is 6.82. The van der Waals surface area contributed by atoms with E-state index in [9.17, 15) is 0 Å². The van der Waals surface area contributed by atoms with Gasteiger partial charge in [-0.3, -0.25) is 0 Å². The molecule has 3 heterocycles. The van der Waals surface area contributed by atoms with E-state index in [-0.39, 0.29) is 0 Å². The maximum absolute atomic E-state index is 5.97. The van der Waals surface area contributed by atoms with Crippen LogP contribution in [0.5, 0.6) is 0 Å². The van der Waals surface area contributed by atoms with Crippen molar-refractivity contribution < 1.29 is 0 Å². The van der Waals surface area contributed by atoms with Gasteiger partial charge in [0.05, 0.1) is 14.8 Å². The Labute approximate surface area is 192 Å². The van der Waals surface area contributed by atoms with Crippen molar-refractivity contribution in [3.63, 3.8) is 0 Å². The highest BCUT2D eigenvalue weighted by molar-refractivity contribution is 8.00. The molecule has 0 atom stereocenters. The van der Waals surface area contributed by atoms with Gasteiger partial charge in [-0.05, 0) is 49.4 Å². The van der Waals surface area contributed by atoms with E-state index >= 15 is 0 Å². The number of thioether (sulfide) groups is 2. The Bertz CT molecular complexity index is 1140. The van der Waals surface area contributed by atoms with E-state index in [1.807, 2.05) is 43.5 Å². The molecule has 148 valence electrons. The number of rotatable bonds is 6. The van der Waals surface area contributed by atoms with Gasteiger partial charge in [-0.2, -0.15) is 0 Å². The van der Waals surface area contributed by atoms with Crippen LogP contribution in [0.1, 0.15) is 16.8 Å². The summed E-state index contributed by atoms with van der Waals surface area (Å²) in [6.07, 6.45) is 3.96.